The number of benzene rings is 3. The molecule has 184 valence electrons. The van der Waals surface area contributed by atoms with Gasteiger partial charge >= 0.3 is 0 Å². The SMILES string of the molecule is CC=CC1CCC(c2ccc(-c3ccc(-c4ccc(CCC)c(F)c4)c(F)c3F)c(F)c2F)CO1. The highest BCUT2D eigenvalue weighted by Crippen LogP contribution is 2.37. The first-order valence-corrected chi connectivity index (χ1v) is 11.8. The third-order valence-electron chi connectivity index (χ3n) is 6.53. The first kappa shape index (κ1) is 25.1. The van der Waals surface area contributed by atoms with Crippen LogP contribution in [0.1, 0.15) is 50.2 Å². The first-order chi connectivity index (χ1) is 16.8. The van der Waals surface area contributed by atoms with E-state index in [0.29, 0.717) is 24.8 Å². The third-order valence-corrected chi connectivity index (χ3v) is 6.53. The van der Waals surface area contributed by atoms with Crippen LogP contribution < -0.4 is 0 Å². The van der Waals surface area contributed by atoms with Crippen molar-refractivity contribution in [2.75, 3.05) is 6.61 Å². The molecule has 2 atom stereocenters. The predicted molar refractivity (Wildman–Crippen MR) is 128 cm³/mol. The van der Waals surface area contributed by atoms with Crippen LogP contribution in [0.3, 0.4) is 0 Å². The fraction of sp³-hybridized carbons (Fsp3) is 0.310. The maximum absolute atomic E-state index is 15.0. The lowest BCUT2D eigenvalue weighted by Gasteiger charge is -2.28. The summed E-state index contributed by atoms with van der Waals surface area (Å²) in [6.45, 7) is 4.05. The molecule has 0 N–H and O–H groups in total. The molecule has 4 rings (SSSR count). The van der Waals surface area contributed by atoms with Crippen LogP contribution in [0, 0.1) is 29.1 Å². The lowest BCUT2D eigenvalue weighted by atomic mass is 9.89. The summed E-state index contributed by atoms with van der Waals surface area (Å²) in [5, 5.41) is 0. The molecule has 0 radical (unpaired) electrons. The van der Waals surface area contributed by atoms with E-state index in [1.807, 2.05) is 26.0 Å². The average Bonchev–Trinajstić information content (AvgIpc) is 2.85. The van der Waals surface area contributed by atoms with E-state index in [4.69, 9.17) is 4.74 Å². The van der Waals surface area contributed by atoms with Crippen molar-refractivity contribution in [3.8, 4) is 22.3 Å². The van der Waals surface area contributed by atoms with E-state index in [9.17, 15) is 13.2 Å². The molecule has 35 heavy (non-hydrogen) atoms. The first-order valence-electron chi connectivity index (χ1n) is 11.8. The quantitative estimate of drug-likeness (QED) is 0.251. The summed E-state index contributed by atoms with van der Waals surface area (Å²) < 4.78 is 80.1. The van der Waals surface area contributed by atoms with E-state index in [1.54, 1.807) is 6.07 Å². The molecule has 1 saturated heterocycles. The number of rotatable bonds is 6. The Morgan fingerprint density at radius 2 is 1.49 bits per heavy atom. The fourth-order valence-corrected chi connectivity index (χ4v) is 4.64. The zero-order chi connectivity index (χ0) is 25.1. The van der Waals surface area contributed by atoms with E-state index in [-0.39, 0.29) is 40.9 Å². The monoisotopic (exact) mass is 486 g/mol. The number of aryl methyl sites for hydroxylation is 1. The maximum Gasteiger partial charge on any atom is 0.167 e. The summed E-state index contributed by atoms with van der Waals surface area (Å²) in [5.41, 5.74) is -0.105. The van der Waals surface area contributed by atoms with E-state index in [0.717, 1.165) is 12.5 Å². The molecule has 0 spiro atoms. The molecule has 0 bridgehead atoms. The van der Waals surface area contributed by atoms with Gasteiger partial charge in [-0.25, -0.2) is 22.0 Å². The molecule has 6 heteroatoms. The highest BCUT2D eigenvalue weighted by Gasteiger charge is 2.27. The summed E-state index contributed by atoms with van der Waals surface area (Å²) in [4.78, 5) is 0. The summed E-state index contributed by atoms with van der Waals surface area (Å²) in [5.74, 6) is -5.71. The van der Waals surface area contributed by atoms with Crippen LogP contribution in [0.15, 0.2) is 54.6 Å². The van der Waals surface area contributed by atoms with Crippen molar-refractivity contribution in [1.29, 1.82) is 0 Å². The predicted octanol–water partition coefficient (Wildman–Crippen LogP) is 8.51. The van der Waals surface area contributed by atoms with Gasteiger partial charge in [-0.1, -0.05) is 61.9 Å². The standard InChI is InChI=1S/C29H27F5O/c1-3-5-17-7-8-18(15-25(17)30)21-11-13-23(28(33)26(21)31)24-14-12-22(27(32)29(24)34)19-9-10-20(6-4-2)35-16-19/h4,6-8,11-15,19-20H,3,5,9-10,16H2,1-2H3. The van der Waals surface area contributed by atoms with Gasteiger partial charge in [0.05, 0.1) is 12.7 Å². The zero-order valence-corrected chi connectivity index (χ0v) is 19.7. The summed E-state index contributed by atoms with van der Waals surface area (Å²) in [6.07, 6.45) is 6.35. The Morgan fingerprint density at radius 3 is 2.11 bits per heavy atom. The minimum atomic E-state index is -1.32. The summed E-state index contributed by atoms with van der Waals surface area (Å²) >= 11 is 0. The largest absolute Gasteiger partial charge is 0.374 e. The van der Waals surface area contributed by atoms with Crippen molar-refractivity contribution in [3.05, 3.63) is 94.8 Å². The average molecular weight is 487 g/mol. The van der Waals surface area contributed by atoms with Gasteiger partial charge in [-0.15, -0.1) is 0 Å². The van der Waals surface area contributed by atoms with Gasteiger partial charge in [0.25, 0.3) is 0 Å². The molecule has 0 aliphatic carbocycles. The molecule has 2 unspecified atom stereocenters. The van der Waals surface area contributed by atoms with Crippen molar-refractivity contribution >= 4 is 0 Å². The highest BCUT2D eigenvalue weighted by molar-refractivity contribution is 5.72. The van der Waals surface area contributed by atoms with Gasteiger partial charge in [-0.3, -0.25) is 0 Å². The second-order valence-electron chi connectivity index (χ2n) is 8.85. The van der Waals surface area contributed by atoms with Crippen molar-refractivity contribution in [3.63, 3.8) is 0 Å². The number of halogens is 5. The van der Waals surface area contributed by atoms with Crippen LogP contribution in [0.2, 0.25) is 0 Å². The number of hydrogen-bond acceptors (Lipinski definition) is 1. The molecule has 0 saturated carbocycles. The van der Waals surface area contributed by atoms with Gasteiger partial charge in [-0.05, 0) is 48.9 Å². The second-order valence-corrected chi connectivity index (χ2v) is 8.85. The number of ether oxygens (including phenoxy) is 1. The number of hydrogen-bond donors (Lipinski definition) is 0. The van der Waals surface area contributed by atoms with Gasteiger partial charge < -0.3 is 4.74 Å². The number of allylic oxidation sites excluding steroid dienone is 1. The van der Waals surface area contributed by atoms with E-state index < -0.39 is 34.6 Å². The Bertz CT molecular complexity index is 1240. The van der Waals surface area contributed by atoms with Crippen molar-refractivity contribution in [2.24, 2.45) is 0 Å². The molecule has 3 aromatic rings. The second kappa shape index (κ2) is 10.7. The van der Waals surface area contributed by atoms with Gasteiger partial charge in [0.2, 0.25) is 0 Å². The van der Waals surface area contributed by atoms with Crippen LogP contribution >= 0.6 is 0 Å². The molecule has 0 amide bonds. The normalized spacial score (nSPS) is 18.4. The van der Waals surface area contributed by atoms with Gasteiger partial charge in [0.1, 0.15) is 5.82 Å². The minimum Gasteiger partial charge on any atom is -0.374 e. The fourth-order valence-electron chi connectivity index (χ4n) is 4.64. The van der Waals surface area contributed by atoms with Crippen LogP contribution in [0.25, 0.3) is 22.3 Å². The lowest BCUT2D eigenvalue weighted by molar-refractivity contribution is 0.0317. The smallest absolute Gasteiger partial charge is 0.167 e. The Labute approximate surface area is 202 Å². The Morgan fingerprint density at radius 1 is 0.829 bits per heavy atom. The third kappa shape index (κ3) is 5.03. The van der Waals surface area contributed by atoms with Crippen molar-refractivity contribution in [1.82, 2.24) is 0 Å². The maximum atomic E-state index is 15.0. The Kier molecular flexibility index (Phi) is 7.70. The molecule has 1 aliphatic heterocycles. The zero-order valence-electron chi connectivity index (χ0n) is 19.7. The molecular weight excluding hydrogens is 459 g/mol. The molecule has 1 heterocycles. The summed E-state index contributed by atoms with van der Waals surface area (Å²) in [6, 6.07) is 9.34. The molecule has 1 fully saturated rings. The van der Waals surface area contributed by atoms with Gasteiger partial charge in [0.15, 0.2) is 23.3 Å². The molecule has 3 aromatic carbocycles. The summed E-state index contributed by atoms with van der Waals surface area (Å²) in [7, 11) is 0. The van der Waals surface area contributed by atoms with Crippen molar-refractivity contribution in [2.45, 2.75) is 51.6 Å². The topological polar surface area (TPSA) is 9.23 Å². The van der Waals surface area contributed by atoms with Crippen LogP contribution in [-0.4, -0.2) is 12.7 Å². The molecule has 0 aromatic heterocycles. The van der Waals surface area contributed by atoms with E-state index in [2.05, 4.69) is 0 Å². The molecular formula is C29H27F5O. The van der Waals surface area contributed by atoms with E-state index >= 15 is 8.78 Å². The van der Waals surface area contributed by atoms with Crippen LogP contribution in [-0.2, 0) is 11.2 Å². The minimum absolute atomic E-state index is 0.0460. The lowest BCUT2D eigenvalue weighted by Crippen LogP contribution is -2.24. The van der Waals surface area contributed by atoms with E-state index in [1.165, 1.54) is 30.3 Å². The van der Waals surface area contributed by atoms with Crippen LogP contribution in [0.4, 0.5) is 22.0 Å². The highest BCUT2D eigenvalue weighted by atomic mass is 19.2. The van der Waals surface area contributed by atoms with Crippen LogP contribution in [0.5, 0.6) is 0 Å². The van der Waals surface area contributed by atoms with Crippen molar-refractivity contribution < 1.29 is 26.7 Å². The molecule has 1 nitrogen and oxygen atoms in total. The van der Waals surface area contributed by atoms with Gasteiger partial charge in [-0.2, -0.15) is 0 Å². The Hall–Kier alpha value is -2.99. The molecule has 1 aliphatic rings. The van der Waals surface area contributed by atoms with Gasteiger partial charge in [0, 0.05) is 22.6 Å². The Balaban J connectivity index is 1.64.